The van der Waals surface area contributed by atoms with Crippen molar-refractivity contribution < 1.29 is 52.7 Å². The predicted molar refractivity (Wildman–Crippen MR) is 65.4 cm³/mol. The molecule has 146 valence electrons. The standard InChI is InChI=1S/C10H10F12S2/c11-7(12,13)1-5(2-8(14,15)16)23-24-6(3-9(17,18)19)4-10(20,21)22/h5-6H,1-4H2. The zero-order valence-corrected chi connectivity index (χ0v) is 13.0. The highest BCUT2D eigenvalue weighted by atomic mass is 33.1. The quantitative estimate of drug-likeness (QED) is 0.323. The summed E-state index contributed by atoms with van der Waals surface area (Å²) in [6, 6.07) is 0. The van der Waals surface area contributed by atoms with E-state index in [-0.39, 0.29) is 21.6 Å². The molecule has 0 atom stereocenters. The molecule has 0 nitrogen and oxygen atoms in total. The summed E-state index contributed by atoms with van der Waals surface area (Å²) < 4.78 is 146. The molecule has 0 fully saturated rings. The Bertz CT molecular complexity index is 298. The first-order valence-corrected chi connectivity index (χ1v) is 8.23. The number of alkyl halides is 12. The average molecular weight is 422 g/mol. The lowest BCUT2D eigenvalue weighted by Gasteiger charge is -2.23. The van der Waals surface area contributed by atoms with Crippen LogP contribution in [-0.4, -0.2) is 35.2 Å². The third-order valence-corrected chi connectivity index (χ3v) is 5.45. The SMILES string of the molecule is FC(F)(F)CC(CC(F)(F)F)SSC(CC(F)(F)F)CC(F)(F)F. The Hall–Kier alpha value is -0.140. The molecular formula is C10H10F12S2. The van der Waals surface area contributed by atoms with Gasteiger partial charge in [0.25, 0.3) is 0 Å². The van der Waals surface area contributed by atoms with Crippen molar-refractivity contribution in [3.63, 3.8) is 0 Å². The highest BCUT2D eigenvalue weighted by Crippen LogP contribution is 2.46. The second-order valence-corrected chi connectivity index (χ2v) is 7.59. The van der Waals surface area contributed by atoms with Crippen LogP contribution in [0.4, 0.5) is 52.7 Å². The van der Waals surface area contributed by atoms with Gasteiger partial charge in [0, 0.05) is 10.5 Å². The molecular weight excluding hydrogens is 412 g/mol. The zero-order chi connectivity index (χ0) is 19.4. The maximum Gasteiger partial charge on any atom is 0.390 e. The fourth-order valence-electron chi connectivity index (χ4n) is 1.47. The lowest BCUT2D eigenvalue weighted by atomic mass is 10.2. The topological polar surface area (TPSA) is 0 Å². The second kappa shape index (κ2) is 8.49. The molecule has 0 aliphatic heterocycles. The Kier molecular flexibility index (Phi) is 8.45. The van der Waals surface area contributed by atoms with E-state index in [4.69, 9.17) is 0 Å². The van der Waals surface area contributed by atoms with Crippen molar-refractivity contribution in [1.29, 1.82) is 0 Å². The summed E-state index contributed by atoms with van der Waals surface area (Å²) in [5, 5.41) is -4.47. The van der Waals surface area contributed by atoms with E-state index in [0.717, 1.165) is 0 Å². The van der Waals surface area contributed by atoms with Gasteiger partial charge < -0.3 is 0 Å². The normalized spacial score (nSPS) is 14.8. The molecule has 0 bridgehead atoms. The molecule has 14 heteroatoms. The minimum Gasteiger partial charge on any atom is -0.171 e. The monoisotopic (exact) mass is 422 g/mol. The van der Waals surface area contributed by atoms with Crippen LogP contribution in [0.25, 0.3) is 0 Å². The van der Waals surface area contributed by atoms with Gasteiger partial charge in [-0.2, -0.15) is 52.7 Å². The number of hydrogen-bond acceptors (Lipinski definition) is 2. The summed E-state index contributed by atoms with van der Waals surface area (Å²) in [5.41, 5.74) is 0. The highest BCUT2D eigenvalue weighted by molar-refractivity contribution is 8.77. The fraction of sp³-hybridized carbons (Fsp3) is 1.00. The van der Waals surface area contributed by atoms with Gasteiger partial charge in [0.05, 0.1) is 25.7 Å². The first-order valence-electron chi connectivity index (χ1n) is 5.95. The Morgan fingerprint density at radius 1 is 0.417 bits per heavy atom. The van der Waals surface area contributed by atoms with Crippen LogP contribution in [0.15, 0.2) is 0 Å². The van der Waals surface area contributed by atoms with Crippen LogP contribution in [-0.2, 0) is 0 Å². The molecule has 0 heterocycles. The van der Waals surface area contributed by atoms with Crippen LogP contribution in [0.3, 0.4) is 0 Å². The Morgan fingerprint density at radius 2 is 0.583 bits per heavy atom. The lowest BCUT2D eigenvalue weighted by Crippen LogP contribution is -2.25. The maximum atomic E-state index is 12.2. The van der Waals surface area contributed by atoms with Crippen LogP contribution in [0.1, 0.15) is 25.7 Å². The molecule has 0 aromatic rings. The minimum atomic E-state index is -5.03. The van der Waals surface area contributed by atoms with Crippen molar-refractivity contribution in [2.75, 3.05) is 0 Å². The molecule has 0 unspecified atom stereocenters. The van der Waals surface area contributed by atoms with E-state index >= 15 is 0 Å². The van der Waals surface area contributed by atoms with Gasteiger partial charge in [0.2, 0.25) is 0 Å². The third kappa shape index (κ3) is 15.4. The van der Waals surface area contributed by atoms with Crippen molar-refractivity contribution in [3.8, 4) is 0 Å². The van der Waals surface area contributed by atoms with Gasteiger partial charge in [0.15, 0.2) is 0 Å². The third-order valence-electron chi connectivity index (χ3n) is 2.16. The van der Waals surface area contributed by atoms with E-state index in [0.29, 0.717) is 0 Å². The van der Waals surface area contributed by atoms with Gasteiger partial charge in [-0.1, -0.05) is 21.6 Å². The Morgan fingerprint density at radius 3 is 0.708 bits per heavy atom. The minimum absolute atomic E-state index is 0.259. The fourth-order valence-corrected chi connectivity index (χ4v) is 4.57. The molecule has 0 spiro atoms. The van der Waals surface area contributed by atoms with Crippen LogP contribution in [0.2, 0.25) is 0 Å². The van der Waals surface area contributed by atoms with Gasteiger partial charge in [-0.15, -0.1) is 0 Å². The van der Waals surface area contributed by atoms with Crippen LogP contribution in [0, 0.1) is 0 Å². The number of halogens is 12. The van der Waals surface area contributed by atoms with E-state index in [2.05, 4.69) is 0 Å². The molecule has 0 radical (unpaired) electrons. The summed E-state index contributed by atoms with van der Waals surface area (Å²) in [4.78, 5) is 0. The Balaban J connectivity index is 4.94. The highest BCUT2D eigenvalue weighted by Gasteiger charge is 2.42. The lowest BCUT2D eigenvalue weighted by molar-refractivity contribution is -0.157. The van der Waals surface area contributed by atoms with Crippen molar-refractivity contribution in [1.82, 2.24) is 0 Å². The number of rotatable bonds is 7. The predicted octanol–water partition coefficient (Wildman–Crippen LogP) is 6.91. The van der Waals surface area contributed by atoms with Crippen molar-refractivity contribution in [2.45, 2.75) is 60.9 Å². The molecule has 0 aliphatic carbocycles. The van der Waals surface area contributed by atoms with Gasteiger partial charge in [-0.05, 0) is 0 Å². The van der Waals surface area contributed by atoms with Gasteiger partial charge in [0.1, 0.15) is 0 Å². The first-order chi connectivity index (χ1) is 10.4. The van der Waals surface area contributed by atoms with E-state index < -0.39 is 60.9 Å². The maximum absolute atomic E-state index is 12.2. The van der Waals surface area contributed by atoms with E-state index in [9.17, 15) is 52.7 Å². The van der Waals surface area contributed by atoms with E-state index in [1.54, 1.807) is 0 Å². The van der Waals surface area contributed by atoms with Crippen molar-refractivity contribution in [2.24, 2.45) is 0 Å². The molecule has 24 heavy (non-hydrogen) atoms. The van der Waals surface area contributed by atoms with Crippen LogP contribution in [0.5, 0.6) is 0 Å². The molecule has 0 saturated heterocycles. The zero-order valence-electron chi connectivity index (χ0n) is 11.3. The van der Waals surface area contributed by atoms with Crippen molar-refractivity contribution >= 4 is 21.6 Å². The molecule has 0 aromatic carbocycles. The molecule has 0 aliphatic rings. The Labute approximate surface area is 136 Å². The number of hydrogen-bond donors (Lipinski definition) is 0. The van der Waals surface area contributed by atoms with Crippen molar-refractivity contribution in [3.05, 3.63) is 0 Å². The molecule has 0 saturated carbocycles. The average Bonchev–Trinajstić information content (AvgIpc) is 2.16. The largest absolute Gasteiger partial charge is 0.390 e. The first kappa shape index (κ1) is 23.9. The molecule has 0 amide bonds. The van der Waals surface area contributed by atoms with Crippen LogP contribution < -0.4 is 0 Å². The summed E-state index contributed by atoms with van der Waals surface area (Å²) in [5.74, 6) is 0. The summed E-state index contributed by atoms with van der Waals surface area (Å²) in [6.07, 6.45) is -28.0. The molecule has 0 N–H and O–H groups in total. The van der Waals surface area contributed by atoms with Gasteiger partial charge in [-0.25, -0.2) is 0 Å². The smallest absolute Gasteiger partial charge is 0.171 e. The molecule has 0 aromatic heterocycles. The summed E-state index contributed by atoms with van der Waals surface area (Å²) in [6.45, 7) is 0. The van der Waals surface area contributed by atoms with Crippen LogP contribution >= 0.6 is 21.6 Å². The summed E-state index contributed by atoms with van der Waals surface area (Å²) >= 11 is 0. The van der Waals surface area contributed by atoms with E-state index in [1.807, 2.05) is 0 Å². The van der Waals surface area contributed by atoms with Gasteiger partial charge >= 0.3 is 24.7 Å². The van der Waals surface area contributed by atoms with E-state index in [1.165, 1.54) is 0 Å². The molecule has 0 rings (SSSR count). The summed E-state index contributed by atoms with van der Waals surface area (Å²) in [7, 11) is -0.517. The van der Waals surface area contributed by atoms with Gasteiger partial charge in [-0.3, -0.25) is 0 Å². The second-order valence-electron chi connectivity index (χ2n) is 4.71.